The summed E-state index contributed by atoms with van der Waals surface area (Å²) in [7, 11) is 0. The van der Waals surface area contributed by atoms with E-state index in [0.29, 0.717) is 22.6 Å². The molecule has 1 aliphatic rings. The van der Waals surface area contributed by atoms with Crippen molar-refractivity contribution < 1.29 is 0 Å². The van der Waals surface area contributed by atoms with Crippen molar-refractivity contribution in [1.29, 1.82) is 0 Å². The van der Waals surface area contributed by atoms with E-state index in [1.165, 1.54) is 0 Å². The van der Waals surface area contributed by atoms with Crippen LogP contribution >= 0.6 is 23.2 Å². The Labute approximate surface area is 178 Å². The highest BCUT2D eigenvalue weighted by molar-refractivity contribution is 6.36. The largest absolute Gasteiger partial charge is 0.317 e. The molecule has 0 unspecified atom stereocenters. The van der Waals surface area contributed by atoms with E-state index in [0.717, 1.165) is 53.7 Å². The van der Waals surface area contributed by atoms with Crippen LogP contribution in [0.4, 0.5) is 0 Å². The summed E-state index contributed by atoms with van der Waals surface area (Å²) in [6.45, 7) is 2.57. The van der Waals surface area contributed by atoms with Gasteiger partial charge in [0.2, 0.25) is 0 Å². The van der Waals surface area contributed by atoms with Crippen LogP contribution in [-0.4, -0.2) is 37.6 Å². The monoisotopic (exact) mass is 426 g/mol. The van der Waals surface area contributed by atoms with Crippen molar-refractivity contribution in [2.24, 2.45) is 0 Å². The summed E-state index contributed by atoms with van der Waals surface area (Å²) in [5.41, 5.74) is 4.70. The summed E-state index contributed by atoms with van der Waals surface area (Å²) in [6.07, 6.45) is 9.87. The molecule has 1 saturated heterocycles. The number of hydrogen-bond acceptors (Lipinski definition) is 4. The van der Waals surface area contributed by atoms with E-state index in [1.54, 1.807) is 6.20 Å². The number of halogens is 2. The van der Waals surface area contributed by atoms with Crippen molar-refractivity contribution in [1.82, 2.24) is 29.9 Å². The molecular formula is C21H20Cl2N6. The maximum absolute atomic E-state index is 6.34. The van der Waals surface area contributed by atoms with Crippen LogP contribution in [0.5, 0.6) is 0 Å². The summed E-state index contributed by atoms with van der Waals surface area (Å²) >= 11 is 12.7. The molecule has 29 heavy (non-hydrogen) atoms. The Balaban J connectivity index is 1.47. The molecule has 0 radical (unpaired) electrons. The van der Waals surface area contributed by atoms with Gasteiger partial charge in [-0.2, -0.15) is 10.2 Å². The maximum Gasteiger partial charge on any atom is 0.108 e. The average molecular weight is 427 g/mol. The van der Waals surface area contributed by atoms with E-state index in [1.807, 2.05) is 35.3 Å². The average Bonchev–Trinajstić information content (AvgIpc) is 3.39. The van der Waals surface area contributed by atoms with Crippen molar-refractivity contribution >= 4 is 34.2 Å². The SMILES string of the molecule is Clc1cccc(Cl)c1Cn1ncc2ncc(-c3cnn(C4CCNCC4)c3)cc21. The van der Waals surface area contributed by atoms with Gasteiger partial charge >= 0.3 is 0 Å². The standard InChI is InChI=1S/C21H20Cl2N6/c22-18-2-1-3-19(23)17(18)13-29-21-8-14(9-25-20(21)11-27-29)15-10-26-28(12-15)16-4-6-24-7-5-16/h1-3,8-12,16,24H,4-7,13H2. The fourth-order valence-electron chi connectivity index (χ4n) is 3.83. The molecule has 4 heterocycles. The van der Waals surface area contributed by atoms with Gasteiger partial charge in [0.15, 0.2) is 0 Å². The Morgan fingerprint density at radius 1 is 1.00 bits per heavy atom. The van der Waals surface area contributed by atoms with Gasteiger partial charge in [-0.1, -0.05) is 29.3 Å². The van der Waals surface area contributed by atoms with Gasteiger partial charge in [-0.3, -0.25) is 14.3 Å². The molecule has 0 saturated carbocycles. The summed E-state index contributed by atoms with van der Waals surface area (Å²) < 4.78 is 3.97. The van der Waals surface area contributed by atoms with Crippen LogP contribution in [-0.2, 0) is 6.54 Å². The van der Waals surface area contributed by atoms with Crippen LogP contribution < -0.4 is 5.32 Å². The smallest absolute Gasteiger partial charge is 0.108 e. The topological polar surface area (TPSA) is 60.6 Å². The molecule has 0 spiro atoms. The lowest BCUT2D eigenvalue weighted by molar-refractivity contribution is 0.343. The number of benzene rings is 1. The third-order valence-corrected chi connectivity index (χ3v) is 6.19. The van der Waals surface area contributed by atoms with Gasteiger partial charge < -0.3 is 5.32 Å². The van der Waals surface area contributed by atoms with Gasteiger partial charge in [0.1, 0.15) is 5.52 Å². The van der Waals surface area contributed by atoms with E-state index in [4.69, 9.17) is 23.2 Å². The summed E-state index contributed by atoms with van der Waals surface area (Å²) in [5, 5.41) is 13.8. The Kier molecular flexibility index (Phi) is 4.99. The van der Waals surface area contributed by atoms with Crippen LogP contribution in [0.3, 0.4) is 0 Å². The van der Waals surface area contributed by atoms with Gasteiger partial charge in [0, 0.05) is 39.1 Å². The maximum atomic E-state index is 6.34. The first-order chi connectivity index (χ1) is 14.2. The number of piperidine rings is 1. The van der Waals surface area contributed by atoms with Crippen molar-refractivity contribution in [2.45, 2.75) is 25.4 Å². The number of nitrogens with one attached hydrogen (secondary N) is 1. The number of nitrogens with zero attached hydrogens (tertiary/aromatic N) is 5. The highest BCUT2D eigenvalue weighted by Crippen LogP contribution is 2.28. The Morgan fingerprint density at radius 2 is 1.79 bits per heavy atom. The number of aromatic nitrogens is 5. The van der Waals surface area contributed by atoms with Gasteiger partial charge in [-0.15, -0.1) is 0 Å². The summed E-state index contributed by atoms with van der Waals surface area (Å²) in [5.74, 6) is 0. The molecule has 148 valence electrons. The highest BCUT2D eigenvalue weighted by atomic mass is 35.5. The lowest BCUT2D eigenvalue weighted by atomic mass is 10.1. The lowest BCUT2D eigenvalue weighted by Gasteiger charge is -2.22. The number of hydrogen-bond donors (Lipinski definition) is 1. The van der Waals surface area contributed by atoms with Crippen molar-refractivity contribution in [3.8, 4) is 11.1 Å². The zero-order chi connectivity index (χ0) is 19.8. The third kappa shape index (κ3) is 3.64. The van der Waals surface area contributed by atoms with Crippen LogP contribution in [0.1, 0.15) is 24.4 Å². The second-order valence-corrected chi connectivity index (χ2v) is 8.14. The Morgan fingerprint density at radius 3 is 2.59 bits per heavy atom. The third-order valence-electron chi connectivity index (χ3n) is 5.48. The quantitative estimate of drug-likeness (QED) is 0.518. The van der Waals surface area contributed by atoms with Gasteiger partial charge in [-0.25, -0.2) is 0 Å². The molecule has 8 heteroatoms. The molecule has 0 aliphatic carbocycles. The molecule has 4 aromatic rings. The normalized spacial score (nSPS) is 15.2. The predicted molar refractivity (Wildman–Crippen MR) is 115 cm³/mol. The van der Waals surface area contributed by atoms with Crippen LogP contribution in [0.2, 0.25) is 10.0 Å². The zero-order valence-corrected chi connectivity index (χ0v) is 17.2. The van der Waals surface area contributed by atoms with E-state index in [-0.39, 0.29) is 0 Å². The number of rotatable bonds is 4. The molecule has 0 atom stereocenters. The van der Waals surface area contributed by atoms with E-state index < -0.39 is 0 Å². The lowest BCUT2D eigenvalue weighted by Crippen LogP contribution is -2.29. The minimum atomic E-state index is 0.453. The van der Waals surface area contributed by atoms with Crippen molar-refractivity contribution in [3.63, 3.8) is 0 Å². The molecule has 1 N–H and O–H groups in total. The molecule has 1 fully saturated rings. The van der Waals surface area contributed by atoms with Gasteiger partial charge in [0.05, 0.1) is 30.5 Å². The fraction of sp³-hybridized carbons (Fsp3) is 0.286. The minimum Gasteiger partial charge on any atom is -0.317 e. The predicted octanol–water partition coefficient (Wildman–Crippen LogP) is 4.57. The Hall–Kier alpha value is -2.41. The molecule has 5 rings (SSSR count). The molecule has 6 nitrogen and oxygen atoms in total. The highest BCUT2D eigenvalue weighted by Gasteiger charge is 2.17. The number of fused-ring (bicyclic) bond motifs is 1. The number of pyridine rings is 1. The molecule has 1 aromatic carbocycles. The minimum absolute atomic E-state index is 0.453. The zero-order valence-electron chi connectivity index (χ0n) is 15.7. The first-order valence-electron chi connectivity index (χ1n) is 9.69. The van der Waals surface area contributed by atoms with E-state index in [2.05, 4.69) is 37.4 Å². The van der Waals surface area contributed by atoms with Crippen LogP contribution in [0.15, 0.2) is 49.1 Å². The van der Waals surface area contributed by atoms with Crippen molar-refractivity contribution in [3.05, 3.63) is 64.7 Å². The van der Waals surface area contributed by atoms with Crippen molar-refractivity contribution in [2.75, 3.05) is 13.1 Å². The molecule has 0 bridgehead atoms. The summed E-state index contributed by atoms with van der Waals surface area (Å²) in [6, 6.07) is 8.08. The second-order valence-electron chi connectivity index (χ2n) is 7.32. The second kappa shape index (κ2) is 7.78. The molecule has 0 amide bonds. The summed E-state index contributed by atoms with van der Waals surface area (Å²) in [4.78, 5) is 4.59. The molecule has 1 aliphatic heterocycles. The first-order valence-corrected chi connectivity index (χ1v) is 10.4. The van der Waals surface area contributed by atoms with E-state index >= 15 is 0 Å². The van der Waals surface area contributed by atoms with E-state index in [9.17, 15) is 0 Å². The van der Waals surface area contributed by atoms with Gasteiger partial charge in [-0.05, 0) is 44.1 Å². The van der Waals surface area contributed by atoms with Gasteiger partial charge in [0.25, 0.3) is 0 Å². The van der Waals surface area contributed by atoms with Crippen LogP contribution in [0, 0.1) is 0 Å². The Bertz CT molecular complexity index is 1140. The first kappa shape index (κ1) is 18.6. The van der Waals surface area contributed by atoms with Crippen LogP contribution in [0.25, 0.3) is 22.2 Å². The molecular weight excluding hydrogens is 407 g/mol. The molecule has 3 aromatic heterocycles. The fourth-order valence-corrected chi connectivity index (χ4v) is 4.35.